The zero-order valence-electron chi connectivity index (χ0n) is 12.8. The Morgan fingerprint density at radius 2 is 2.20 bits per heavy atom. The van der Waals surface area contributed by atoms with Crippen LogP contribution in [0, 0.1) is 0 Å². The molecule has 1 aromatic heterocycles. The van der Waals surface area contributed by atoms with E-state index in [-0.39, 0.29) is 0 Å². The molecule has 0 amide bonds. The standard InChI is InChI=1S/C16H24N2OSi/c1-20(2,3)7-6-19-12-18-11-13-8-14-4-5-17-10-15(14)16(18)9-13/h9-11H,4-8,12H2,1-3H3. The fourth-order valence-electron chi connectivity index (χ4n) is 2.80. The van der Waals surface area contributed by atoms with Gasteiger partial charge in [0, 0.05) is 39.2 Å². The van der Waals surface area contributed by atoms with Crippen LogP contribution >= 0.6 is 0 Å². The van der Waals surface area contributed by atoms with Gasteiger partial charge in [0.25, 0.3) is 0 Å². The molecule has 2 heterocycles. The molecule has 0 spiro atoms. The Balaban J connectivity index is 1.66. The SMILES string of the molecule is C[Si](C)(C)CCOCn1cc2cc1C1=C(CCN=C1)C2. The van der Waals surface area contributed by atoms with Crippen molar-refractivity contribution in [3.63, 3.8) is 0 Å². The van der Waals surface area contributed by atoms with Crippen molar-refractivity contribution in [1.82, 2.24) is 4.57 Å². The molecule has 2 aliphatic rings. The maximum absolute atomic E-state index is 5.89. The minimum absolute atomic E-state index is 0.671. The Hall–Kier alpha value is -1.13. The van der Waals surface area contributed by atoms with Gasteiger partial charge in [-0.25, -0.2) is 0 Å². The molecule has 3 rings (SSSR count). The van der Waals surface area contributed by atoms with Gasteiger partial charge in [-0.3, -0.25) is 4.99 Å². The molecule has 4 heteroatoms. The molecular formula is C16H24N2OSi. The molecule has 0 N–H and O–H groups in total. The summed E-state index contributed by atoms with van der Waals surface area (Å²) < 4.78 is 8.14. The van der Waals surface area contributed by atoms with Crippen LogP contribution in [0.2, 0.25) is 25.7 Å². The minimum Gasteiger partial charge on any atom is -0.361 e. The first-order valence-electron chi connectivity index (χ1n) is 7.52. The van der Waals surface area contributed by atoms with Gasteiger partial charge in [-0.2, -0.15) is 0 Å². The summed E-state index contributed by atoms with van der Waals surface area (Å²) in [6.45, 7) is 9.66. The van der Waals surface area contributed by atoms with Crippen molar-refractivity contribution >= 4 is 19.9 Å². The highest BCUT2D eigenvalue weighted by molar-refractivity contribution is 6.76. The van der Waals surface area contributed by atoms with Crippen LogP contribution in [0.25, 0.3) is 5.57 Å². The van der Waals surface area contributed by atoms with E-state index in [0.29, 0.717) is 6.73 Å². The van der Waals surface area contributed by atoms with Crippen LogP contribution in [0.4, 0.5) is 0 Å². The van der Waals surface area contributed by atoms with E-state index in [1.807, 2.05) is 0 Å². The van der Waals surface area contributed by atoms with Gasteiger partial charge in [-0.1, -0.05) is 25.2 Å². The van der Waals surface area contributed by atoms with Crippen LogP contribution in [-0.2, 0) is 17.9 Å². The van der Waals surface area contributed by atoms with E-state index < -0.39 is 8.07 Å². The third-order valence-electron chi connectivity index (χ3n) is 4.02. The fraction of sp³-hybridized carbons (Fsp3) is 0.562. The second-order valence-electron chi connectivity index (χ2n) is 7.03. The second kappa shape index (κ2) is 5.33. The van der Waals surface area contributed by atoms with Crippen molar-refractivity contribution in [3.05, 3.63) is 29.1 Å². The van der Waals surface area contributed by atoms with Crippen molar-refractivity contribution in [1.29, 1.82) is 0 Å². The van der Waals surface area contributed by atoms with Gasteiger partial charge in [0.15, 0.2) is 0 Å². The Kier molecular flexibility index (Phi) is 3.69. The smallest absolute Gasteiger partial charge is 0.122 e. The molecule has 0 atom stereocenters. The van der Waals surface area contributed by atoms with E-state index >= 15 is 0 Å². The second-order valence-corrected chi connectivity index (χ2v) is 12.7. The number of hydrogen-bond acceptors (Lipinski definition) is 2. The lowest BCUT2D eigenvalue weighted by Gasteiger charge is -2.19. The zero-order chi connectivity index (χ0) is 14.2. The van der Waals surface area contributed by atoms with E-state index in [1.54, 1.807) is 5.57 Å². The molecule has 0 radical (unpaired) electrons. The molecule has 20 heavy (non-hydrogen) atoms. The molecule has 0 saturated carbocycles. The highest BCUT2D eigenvalue weighted by Gasteiger charge is 2.21. The van der Waals surface area contributed by atoms with Gasteiger partial charge in [-0.05, 0) is 30.5 Å². The number of dihydropyridines is 1. The summed E-state index contributed by atoms with van der Waals surface area (Å²) >= 11 is 0. The quantitative estimate of drug-likeness (QED) is 0.601. The average molecular weight is 288 g/mol. The third kappa shape index (κ3) is 2.96. The Morgan fingerprint density at radius 3 is 3.00 bits per heavy atom. The van der Waals surface area contributed by atoms with Gasteiger partial charge < -0.3 is 9.30 Å². The maximum Gasteiger partial charge on any atom is 0.122 e. The molecule has 0 unspecified atom stereocenters. The van der Waals surface area contributed by atoms with Gasteiger partial charge >= 0.3 is 0 Å². The lowest BCUT2D eigenvalue weighted by molar-refractivity contribution is 0.0870. The number of aliphatic imine (C=N–C) groups is 1. The normalized spacial score (nSPS) is 17.6. The van der Waals surface area contributed by atoms with Crippen LogP contribution in [0.5, 0.6) is 0 Å². The van der Waals surface area contributed by atoms with Crippen molar-refractivity contribution in [2.24, 2.45) is 4.99 Å². The van der Waals surface area contributed by atoms with E-state index in [0.717, 1.165) is 26.0 Å². The zero-order valence-corrected chi connectivity index (χ0v) is 13.8. The summed E-state index contributed by atoms with van der Waals surface area (Å²) in [7, 11) is -0.993. The van der Waals surface area contributed by atoms with E-state index in [9.17, 15) is 0 Å². The van der Waals surface area contributed by atoms with Crippen molar-refractivity contribution in [2.45, 2.75) is 45.3 Å². The molecule has 3 nitrogen and oxygen atoms in total. The Bertz CT molecular complexity index is 564. The number of ether oxygens (including phenoxy) is 1. The predicted molar refractivity (Wildman–Crippen MR) is 87.1 cm³/mol. The molecule has 2 bridgehead atoms. The largest absolute Gasteiger partial charge is 0.361 e. The van der Waals surface area contributed by atoms with Crippen LogP contribution in [-0.4, -0.2) is 32.0 Å². The highest BCUT2D eigenvalue weighted by atomic mass is 28.3. The van der Waals surface area contributed by atoms with Crippen molar-refractivity contribution in [3.8, 4) is 0 Å². The van der Waals surface area contributed by atoms with E-state index in [4.69, 9.17) is 4.74 Å². The minimum atomic E-state index is -0.993. The summed E-state index contributed by atoms with van der Waals surface area (Å²) in [4.78, 5) is 4.43. The topological polar surface area (TPSA) is 26.5 Å². The number of hydrogen-bond donors (Lipinski definition) is 0. The molecular weight excluding hydrogens is 264 g/mol. The van der Waals surface area contributed by atoms with Gasteiger partial charge in [0.1, 0.15) is 6.73 Å². The number of allylic oxidation sites excluding steroid dienone is 1. The summed E-state index contributed by atoms with van der Waals surface area (Å²) in [5.74, 6) is 0. The van der Waals surface area contributed by atoms with Gasteiger partial charge in [0.2, 0.25) is 0 Å². The molecule has 0 fully saturated rings. The molecule has 1 aromatic rings. The maximum atomic E-state index is 5.89. The first-order valence-corrected chi connectivity index (χ1v) is 11.2. The van der Waals surface area contributed by atoms with Gasteiger partial charge in [0.05, 0.1) is 5.69 Å². The predicted octanol–water partition coefficient (Wildman–Crippen LogP) is 3.58. The molecule has 1 aliphatic carbocycles. The number of fused-ring (bicyclic) bond motifs is 3. The summed E-state index contributed by atoms with van der Waals surface area (Å²) in [6.07, 6.45) is 6.51. The van der Waals surface area contributed by atoms with Gasteiger partial charge in [-0.15, -0.1) is 0 Å². The molecule has 108 valence electrons. The Morgan fingerprint density at radius 1 is 1.35 bits per heavy atom. The lowest BCUT2D eigenvalue weighted by atomic mass is 9.92. The Labute approximate surface area is 122 Å². The molecule has 0 aromatic carbocycles. The fourth-order valence-corrected chi connectivity index (χ4v) is 3.56. The van der Waals surface area contributed by atoms with Crippen LogP contribution in [0.15, 0.2) is 22.8 Å². The van der Waals surface area contributed by atoms with Crippen molar-refractivity contribution < 1.29 is 4.74 Å². The molecule has 1 aliphatic heterocycles. The van der Waals surface area contributed by atoms with E-state index in [2.05, 4.69) is 47.7 Å². The summed E-state index contributed by atoms with van der Waals surface area (Å²) in [5.41, 5.74) is 5.59. The van der Waals surface area contributed by atoms with Crippen LogP contribution in [0.3, 0.4) is 0 Å². The molecule has 0 saturated heterocycles. The van der Waals surface area contributed by atoms with E-state index in [1.165, 1.54) is 22.9 Å². The van der Waals surface area contributed by atoms with Crippen LogP contribution in [0.1, 0.15) is 17.7 Å². The summed E-state index contributed by atoms with van der Waals surface area (Å²) in [6, 6.07) is 3.52. The average Bonchev–Trinajstić information content (AvgIpc) is 2.72. The first kappa shape index (κ1) is 13.8. The first-order chi connectivity index (χ1) is 9.53. The van der Waals surface area contributed by atoms with Crippen molar-refractivity contribution in [2.75, 3.05) is 13.2 Å². The number of nitrogens with zero attached hydrogens (tertiary/aromatic N) is 2. The number of aromatic nitrogens is 1. The lowest BCUT2D eigenvalue weighted by Crippen LogP contribution is -2.22. The highest BCUT2D eigenvalue weighted by Crippen LogP contribution is 2.32. The number of rotatable bonds is 5. The summed E-state index contributed by atoms with van der Waals surface area (Å²) in [5, 5.41) is 0. The van der Waals surface area contributed by atoms with Crippen LogP contribution < -0.4 is 0 Å². The monoisotopic (exact) mass is 288 g/mol. The third-order valence-corrected chi connectivity index (χ3v) is 5.72.